The van der Waals surface area contributed by atoms with Crippen molar-refractivity contribution in [1.82, 2.24) is 19.9 Å². The van der Waals surface area contributed by atoms with Gasteiger partial charge in [0, 0.05) is 12.1 Å². The summed E-state index contributed by atoms with van der Waals surface area (Å²) >= 11 is 1.30. The molecule has 0 bridgehead atoms. The second kappa shape index (κ2) is 9.72. The summed E-state index contributed by atoms with van der Waals surface area (Å²) in [7, 11) is 0. The third-order valence-corrected chi connectivity index (χ3v) is 5.45. The van der Waals surface area contributed by atoms with Crippen LogP contribution in [0.2, 0.25) is 0 Å². The van der Waals surface area contributed by atoms with Gasteiger partial charge in [-0.3, -0.25) is 9.59 Å². The van der Waals surface area contributed by atoms with Crippen molar-refractivity contribution in [2.45, 2.75) is 63.6 Å². The Morgan fingerprint density at radius 1 is 1.32 bits per heavy atom. The van der Waals surface area contributed by atoms with Crippen molar-refractivity contribution in [2.24, 2.45) is 0 Å². The highest BCUT2D eigenvalue weighted by molar-refractivity contribution is 7.99. The summed E-state index contributed by atoms with van der Waals surface area (Å²) in [4.78, 5) is 24.1. The lowest BCUT2D eigenvalue weighted by molar-refractivity contribution is -0.142. The van der Waals surface area contributed by atoms with Crippen molar-refractivity contribution in [2.75, 3.05) is 17.7 Å². The SMILES string of the molecule is CCOC(=O)Cc1nnc(SCC(=O)Nc2cc(C)on2)n1C1CCCCC1. The second-order valence-electron chi connectivity index (χ2n) is 6.70. The van der Waals surface area contributed by atoms with Gasteiger partial charge in [0.1, 0.15) is 18.0 Å². The zero-order chi connectivity index (χ0) is 19.9. The van der Waals surface area contributed by atoms with E-state index in [4.69, 9.17) is 9.26 Å². The third-order valence-electron chi connectivity index (χ3n) is 4.51. The maximum atomic E-state index is 12.2. The van der Waals surface area contributed by atoms with Gasteiger partial charge in [-0.1, -0.05) is 36.2 Å². The number of ether oxygens (including phenoxy) is 1. The molecule has 0 aromatic carbocycles. The lowest BCUT2D eigenvalue weighted by atomic mass is 9.95. The van der Waals surface area contributed by atoms with Gasteiger partial charge in [-0.15, -0.1) is 10.2 Å². The number of anilines is 1. The number of amides is 1. The van der Waals surface area contributed by atoms with Crippen molar-refractivity contribution in [3.63, 3.8) is 0 Å². The van der Waals surface area contributed by atoms with Crippen LogP contribution in [0.4, 0.5) is 5.82 Å². The number of aryl methyl sites for hydroxylation is 1. The Kier molecular flexibility index (Phi) is 7.07. The summed E-state index contributed by atoms with van der Waals surface area (Å²) in [6.07, 6.45) is 5.61. The Hall–Kier alpha value is -2.36. The first-order chi connectivity index (χ1) is 13.6. The Morgan fingerprint density at radius 3 is 2.79 bits per heavy atom. The van der Waals surface area contributed by atoms with Crippen molar-refractivity contribution in [3.8, 4) is 0 Å². The monoisotopic (exact) mass is 407 g/mol. The summed E-state index contributed by atoms with van der Waals surface area (Å²) in [6, 6.07) is 1.90. The van der Waals surface area contributed by atoms with Crippen LogP contribution in [0.3, 0.4) is 0 Å². The number of hydrogen-bond donors (Lipinski definition) is 1. The van der Waals surface area contributed by atoms with Crippen molar-refractivity contribution >= 4 is 29.5 Å². The summed E-state index contributed by atoms with van der Waals surface area (Å²) < 4.78 is 12.0. The predicted octanol–water partition coefficient (Wildman–Crippen LogP) is 2.92. The fourth-order valence-electron chi connectivity index (χ4n) is 3.31. The topological polar surface area (TPSA) is 112 Å². The summed E-state index contributed by atoms with van der Waals surface area (Å²) in [5.41, 5.74) is 0. The molecule has 10 heteroatoms. The third kappa shape index (κ3) is 5.34. The van der Waals surface area contributed by atoms with Crippen LogP contribution < -0.4 is 5.32 Å². The van der Waals surface area contributed by atoms with E-state index in [2.05, 4.69) is 20.7 Å². The van der Waals surface area contributed by atoms with E-state index in [1.807, 2.05) is 4.57 Å². The van der Waals surface area contributed by atoms with Crippen molar-refractivity contribution < 1.29 is 18.8 Å². The molecule has 0 aliphatic heterocycles. The molecule has 2 aromatic heterocycles. The fourth-order valence-corrected chi connectivity index (χ4v) is 4.13. The molecule has 9 nitrogen and oxygen atoms in total. The Balaban J connectivity index is 1.69. The van der Waals surface area contributed by atoms with Crippen molar-refractivity contribution in [1.29, 1.82) is 0 Å². The largest absolute Gasteiger partial charge is 0.466 e. The lowest BCUT2D eigenvalue weighted by Gasteiger charge is -2.25. The molecule has 28 heavy (non-hydrogen) atoms. The highest BCUT2D eigenvalue weighted by Crippen LogP contribution is 2.32. The van der Waals surface area contributed by atoms with Gasteiger partial charge < -0.3 is 19.1 Å². The molecule has 0 atom stereocenters. The maximum Gasteiger partial charge on any atom is 0.313 e. The smallest absolute Gasteiger partial charge is 0.313 e. The van der Waals surface area contributed by atoms with E-state index in [-0.39, 0.29) is 30.1 Å². The number of thioether (sulfide) groups is 1. The number of aromatic nitrogens is 4. The van der Waals surface area contributed by atoms with Crippen LogP contribution in [0.25, 0.3) is 0 Å². The molecule has 1 aliphatic carbocycles. The average molecular weight is 407 g/mol. The standard InChI is InChI=1S/C18H25N5O4S/c1-3-26-17(25)10-15-20-21-18(23(15)13-7-5-4-6-8-13)28-11-16(24)19-14-9-12(2)27-22-14/h9,13H,3-8,10-11H2,1-2H3,(H,19,22,24). The zero-order valence-corrected chi connectivity index (χ0v) is 17.0. The van der Waals surface area contributed by atoms with Gasteiger partial charge in [-0.25, -0.2) is 0 Å². The van der Waals surface area contributed by atoms with E-state index in [1.54, 1.807) is 19.9 Å². The van der Waals surface area contributed by atoms with Gasteiger partial charge >= 0.3 is 5.97 Å². The number of nitrogens with one attached hydrogen (secondary N) is 1. The molecule has 152 valence electrons. The Labute approximate surface area is 167 Å². The molecular weight excluding hydrogens is 382 g/mol. The van der Waals surface area contributed by atoms with Gasteiger partial charge in [0.05, 0.1) is 12.4 Å². The molecule has 1 N–H and O–H groups in total. The minimum absolute atomic E-state index is 0.0856. The number of carbonyl (C=O) groups excluding carboxylic acids is 2. The highest BCUT2D eigenvalue weighted by Gasteiger charge is 2.25. The Morgan fingerprint density at radius 2 is 2.11 bits per heavy atom. The fraction of sp³-hybridized carbons (Fsp3) is 0.611. The van der Waals surface area contributed by atoms with Crippen LogP contribution in [-0.4, -0.2) is 44.2 Å². The van der Waals surface area contributed by atoms with E-state index in [9.17, 15) is 9.59 Å². The number of esters is 1. The van der Waals surface area contributed by atoms with Crippen LogP contribution in [-0.2, 0) is 20.7 Å². The minimum atomic E-state index is -0.317. The molecule has 1 aliphatic rings. The lowest BCUT2D eigenvalue weighted by Crippen LogP contribution is -2.20. The van der Waals surface area contributed by atoms with E-state index < -0.39 is 0 Å². The molecule has 0 unspecified atom stereocenters. The molecule has 1 amide bonds. The summed E-state index contributed by atoms with van der Waals surface area (Å²) in [5.74, 6) is 1.26. The second-order valence-corrected chi connectivity index (χ2v) is 7.64. The molecule has 1 fully saturated rings. The predicted molar refractivity (Wildman–Crippen MR) is 103 cm³/mol. The average Bonchev–Trinajstić information content (AvgIpc) is 3.26. The van der Waals surface area contributed by atoms with E-state index in [1.165, 1.54) is 18.2 Å². The zero-order valence-electron chi connectivity index (χ0n) is 16.1. The molecule has 0 spiro atoms. The van der Waals surface area contributed by atoms with Crippen LogP contribution in [0, 0.1) is 6.92 Å². The van der Waals surface area contributed by atoms with Crippen LogP contribution in [0.5, 0.6) is 0 Å². The number of carbonyl (C=O) groups is 2. The van der Waals surface area contributed by atoms with Gasteiger partial charge in [0.25, 0.3) is 0 Å². The van der Waals surface area contributed by atoms with Gasteiger partial charge in [0.15, 0.2) is 11.0 Å². The summed E-state index contributed by atoms with van der Waals surface area (Å²) in [6.45, 7) is 3.87. The molecule has 0 radical (unpaired) electrons. The number of nitrogens with zero attached hydrogens (tertiary/aromatic N) is 4. The normalized spacial score (nSPS) is 14.8. The van der Waals surface area contributed by atoms with Crippen LogP contribution in [0.1, 0.15) is 56.7 Å². The highest BCUT2D eigenvalue weighted by atomic mass is 32.2. The first kappa shape index (κ1) is 20.4. The molecular formula is C18H25N5O4S. The maximum absolute atomic E-state index is 12.2. The first-order valence-electron chi connectivity index (χ1n) is 9.52. The molecule has 0 saturated heterocycles. The van der Waals surface area contributed by atoms with Gasteiger partial charge in [0.2, 0.25) is 5.91 Å². The summed E-state index contributed by atoms with van der Waals surface area (Å²) in [5, 5.41) is 15.6. The van der Waals surface area contributed by atoms with Crippen LogP contribution in [0.15, 0.2) is 15.7 Å². The van der Waals surface area contributed by atoms with E-state index in [0.29, 0.717) is 29.2 Å². The van der Waals surface area contributed by atoms with Gasteiger partial charge in [-0.05, 0) is 26.7 Å². The van der Waals surface area contributed by atoms with Crippen LogP contribution >= 0.6 is 11.8 Å². The van der Waals surface area contributed by atoms with E-state index in [0.717, 1.165) is 25.7 Å². The van der Waals surface area contributed by atoms with Crippen molar-refractivity contribution in [3.05, 3.63) is 17.7 Å². The number of hydrogen-bond acceptors (Lipinski definition) is 8. The minimum Gasteiger partial charge on any atom is -0.466 e. The first-order valence-corrected chi connectivity index (χ1v) is 10.5. The quantitative estimate of drug-likeness (QED) is 0.525. The molecule has 2 heterocycles. The Bertz CT molecular complexity index is 813. The van der Waals surface area contributed by atoms with Gasteiger partial charge in [-0.2, -0.15) is 0 Å². The van der Waals surface area contributed by atoms with E-state index >= 15 is 0 Å². The molecule has 3 rings (SSSR count). The number of rotatable bonds is 8. The molecule has 1 saturated carbocycles. The molecule has 2 aromatic rings.